The monoisotopic (exact) mass is 361 g/mol. The van der Waals surface area contributed by atoms with Gasteiger partial charge in [-0.3, -0.25) is 4.90 Å². The molecule has 1 amide bonds. The minimum absolute atomic E-state index is 0.00916. The van der Waals surface area contributed by atoms with Gasteiger partial charge in [-0.1, -0.05) is 0 Å². The molecule has 2 heterocycles. The van der Waals surface area contributed by atoms with Crippen molar-refractivity contribution in [1.29, 1.82) is 0 Å². The number of carbonyl (C=O) groups excluding carboxylic acids is 1. The van der Waals surface area contributed by atoms with Crippen LogP contribution in [0.3, 0.4) is 0 Å². The number of carbonyl (C=O) groups is 1. The Morgan fingerprint density at radius 1 is 1.21 bits per heavy atom. The van der Waals surface area contributed by atoms with Crippen LogP contribution in [0, 0.1) is 11.6 Å². The minimum Gasteiger partial charge on any atom is -0.441 e. The molecule has 0 aliphatic carbocycles. The first-order valence-corrected chi connectivity index (χ1v) is 9.41. The zero-order valence-corrected chi connectivity index (χ0v) is 13.6. The number of benzene rings is 1. The maximum atomic E-state index is 14.4. The molecule has 0 bridgehead atoms. The minimum atomic E-state index is -3.12. The highest BCUT2D eigenvalue weighted by molar-refractivity contribution is 7.91. The van der Waals surface area contributed by atoms with Crippen molar-refractivity contribution in [1.82, 2.24) is 0 Å². The number of anilines is 1. The molecule has 1 aromatic carbocycles. The number of aliphatic hydroxyl groups excluding tert-OH is 1. The van der Waals surface area contributed by atoms with E-state index in [1.807, 2.05) is 0 Å². The molecule has 2 saturated heterocycles. The number of cyclic esters (lactones) is 1. The molecule has 1 aromatic rings. The largest absolute Gasteiger partial charge is 0.441 e. The van der Waals surface area contributed by atoms with E-state index < -0.39 is 39.6 Å². The predicted octanol–water partition coefficient (Wildman–Crippen LogP) is 1.57. The van der Waals surface area contributed by atoms with Crippen molar-refractivity contribution in [2.45, 2.75) is 24.9 Å². The molecule has 2 aliphatic rings. The number of hydrogen-bond donors (Lipinski definition) is 1. The molecular weight excluding hydrogens is 344 g/mol. The van der Waals surface area contributed by atoms with Crippen molar-refractivity contribution in [3.05, 3.63) is 29.3 Å². The summed E-state index contributed by atoms with van der Waals surface area (Å²) in [5.41, 5.74) is -0.127. The smallest absolute Gasteiger partial charge is 0.414 e. The van der Waals surface area contributed by atoms with Gasteiger partial charge in [-0.25, -0.2) is 22.0 Å². The van der Waals surface area contributed by atoms with Gasteiger partial charge in [0.25, 0.3) is 0 Å². The van der Waals surface area contributed by atoms with Crippen LogP contribution in [0.5, 0.6) is 0 Å². The lowest BCUT2D eigenvalue weighted by Gasteiger charge is -2.24. The molecule has 0 saturated carbocycles. The fraction of sp³-hybridized carbons (Fsp3) is 0.533. The summed E-state index contributed by atoms with van der Waals surface area (Å²) >= 11 is 0. The first kappa shape index (κ1) is 17.1. The number of sulfone groups is 1. The Hall–Kier alpha value is -1.74. The van der Waals surface area contributed by atoms with Crippen LogP contribution in [-0.2, 0) is 14.6 Å². The second kappa shape index (κ2) is 6.29. The van der Waals surface area contributed by atoms with Crippen LogP contribution in [-0.4, -0.2) is 50.4 Å². The van der Waals surface area contributed by atoms with E-state index in [0.29, 0.717) is 0 Å². The number of halogens is 2. The summed E-state index contributed by atoms with van der Waals surface area (Å²) in [7, 11) is -3.12. The molecule has 0 aromatic heterocycles. The van der Waals surface area contributed by atoms with E-state index >= 15 is 0 Å². The molecule has 0 radical (unpaired) electrons. The number of nitrogens with zero attached hydrogens (tertiary/aromatic N) is 1. The van der Waals surface area contributed by atoms with Crippen LogP contribution in [0.15, 0.2) is 12.1 Å². The van der Waals surface area contributed by atoms with Crippen molar-refractivity contribution in [2.75, 3.05) is 29.6 Å². The second-order valence-electron chi connectivity index (χ2n) is 6.05. The van der Waals surface area contributed by atoms with Crippen molar-refractivity contribution < 1.29 is 31.8 Å². The Morgan fingerprint density at radius 3 is 2.29 bits per heavy atom. The van der Waals surface area contributed by atoms with Gasteiger partial charge in [0, 0.05) is 5.56 Å². The number of hydrogen-bond acceptors (Lipinski definition) is 5. The van der Waals surface area contributed by atoms with Crippen molar-refractivity contribution in [2.24, 2.45) is 0 Å². The van der Waals surface area contributed by atoms with E-state index in [1.54, 1.807) is 0 Å². The van der Waals surface area contributed by atoms with Gasteiger partial charge in [-0.15, -0.1) is 0 Å². The van der Waals surface area contributed by atoms with Crippen molar-refractivity contribution in [3.63, 3.8) is 0 Å². The van der Waals surface area contributed by atoms with Crippen molar-refractivity contribution in [3.8, 4) is 0 Å². The van der Waals surface area contributed by atoms with Gasteiger partial charge in [0.1, 0.15) is 27.6 Å². The summed E-state index contributed by atoms with van der Waals surface area (Å²) in [5, 5.41) is 9.01. The zero-order valence-electron chi connectivity index (χ0n) is 12.7. The van der Waals surface area contributed by atoms with Gasteiger partial charge in [0.05, 0.1) is 30.3 Å². The SMILES string of the molecule is O=C1O[C@@H](CO)CN1c1cc(F)c(C2CCS(=O)(=O)CC2)c(F)c1. The van der Waals surface area contributed by atoms with E-state index in [9.17, 15) is 22.0 Å². The molecule has 0 unspecified atom stereocenters. The highest BCUT2D eigenvalue weighted by Gasteiger charge is 2.34. The molecule has 2 aliphatic heterocycles. The number of amides is 1. The number of ether oxygens (including phenoxy) is 1. The summed E-state index contributed by atoms with van der Waals surface area (Å²) in [4.78, 5) is 12.8. The average molecular weight is 361 g/mol. The fourth-order valence-corrected chi connectivity index (χ4v) is 4.61. The molecule has 9 heteroatoms. The van der Waals surface area contributed by atoms with Gasteiger partial charge in [-0.2, -0.15) is 0 Å². The maximum Gasteiger partial charge on any atom is 0.414 e. The summed E-state index contributed by atoms with van der Waals surface area (Å²) in [6, 6.07) is 2.09. The molecule has 1 N–H and O–H groups in total. The Morgan fingerprint density at radius 2 is 1.79 bits per heavy atom. The summed E-state index contributed by atoms with van der Waals surface area (Å²) < 4.78 is 56.6. The quantitative estimate of drug-likeness (QED) is 0.884. The Balaban J connectivity index is 1.86. The van der Waals surface area contributed by atoms with Gasteiger partial charge in [-0.05, 0) is 30.9 Å². The topological polar surface area (TPSA) is 83.9 Å². The van der Waals surface area contributed by atoms with E-state index in [-0.39, 0.29) is 48.7 Å². The predicted molar refractivity (Wildman–Crippen MR) is 81.7 cm³/mol. The van der Waals surface area contributed by atoms with E-state index in [4.69, 9.17) is 9.84 Å². The average Bonchev–Trinajstić information content (AvgIpc) is 2.89. The van der Waals surface area contributed by atoms with E-state index in [1.165, 1.54) is 0 Å². The lowest BCUT2D eigenvalue weighted by Crippen LogP contribution is -2.26. The highest BCUT2D eigenvalue weighted by atomic mass is 32.2. The van der Waals surface area contributed by atoms with E-state index in [2.05, 4.69) is 0 Å². The third-order valence-corrected chi connectivity index (χ3v) is 6.13. The van der Waals surface area contributed by atoms with Gasteiger partial charge >= 0.3 is 6.09 Å². The van der Waals surface area contributed by atoms with Crippen LogP contribution in [0.25, 0.3) is 0 Å². The third-order valence-electron chi connectivity index (χ3n) is 4.42. The van der Waals surface area contributed by atoms with Crippen LogP contribution in [0.2, 0.25) is 0 Å². The summed E-state index contributed by atoms with van der Waals surface area (Å²) in [6.45, 7) is -0.364. The highest BCUT2D eigenvalue weighted by Crippen LogP contribution is 2.35. The fourth-order valence-electron chi connectivity index (χ4n) is 3.12. The first-order valence-electron chi connectivity index (χ1n) is 7.59. The molecule has 2 fully saturated rings. The lowest BCUT2D eigenvalue weighted by atomic mass is 9.92. The van der Waals surface area contributed by atoms with Crippen LogP contribution in [0.4, 0.5) is 19.3 Å². The molecule has 3 rings (SSSR count). The first-order chi connectivity index (χ1) is 11.3. The molecular formula is C15H17F2NO5S. The zero-order chi connectivity index (χ0) is 17.5. The second-order valence-corrected chi connectivity index (χ2v) is 8.35. The Bertz CT molecular complexity index is 730. The lowest BCUT2D eigenvalue weighted by molar-refractivity contribution is 0.0963. The van der Waals surface area contributed by atoms with Gasteiger partial charge in [0.15, 0.2) is 0 Å². The van der Waals surface area contributed by atoms with Crippen molar-refractivity contribution >= 4 is 21.6 Å². The van der Waals surface area contributed by atoms with Gasteiger partial charge < -0.3 is 9.84 Å². The van der Waals surface area contributed by atoms with Crippen LogP contribution in [0.1, 0.15) is 24.3 Å². The number of rotatable bonds is 3. The molecule has 1 atom stereocenters. The van der Waals surface area contributed by atoms with Gasteiger partial charge in [0.2, 0.25) is 0 Å². The van der Waals surface area contributed by atoms with E-state index in [0.717, 1.165) is 17.0 Å². The number of aliphatic hydroxyl groups is 1. The summed E-state index contributed by atoms with van der Waals surface area (Å²) in [6.07, 6.45) is -1.15. The van der Waals surface area contributed by atoms with Crippen LogP contribution >= 0.6 is 0 Å². The molecule has 24 heavy (non-hydrogen) atoms. The normalized spacial score (nSPS) is 24.2. The van der Waals surface area contributed by atoms with Crippen LogP contribution < -0.4 is 4.90 Å². The Labute approximate surface area is 137 Å². The summed E-state index contributed by atoms with van der Waals surface area (Å²) in [5.74, 6) is -2.30. The Kier molecular flexibility index (Phi) is 4.48. The molecule has 6 nitrogen and oxygen atoms in total. The standard InChI is InChI=1S/C15H17F2NO5S/c16-12-5-10(18-7-11(8-19)23-15(18)20)6-13(17)14(12)9-1-3-24(21,22)4-2-9/h5-6,9,11,19H,1-4,7-8H2/t11-/m1/s1. The maximum absolute atomic E-state index is 14.4. The molecule has 132 valence electrons. The third kappa shape index (κ3) is 3.23. The molecule has 0 spiro atoms.